The molecule has 2 aromatic rings. The molecule has 48 heteroatoms. The lowest BCUT2D eigenvalue weighted by molar-refractivity contribution is -0.142. The number of amides is 15. The number of aromatic amines is 1. The summed E-state index contributed by atoms with van der Waals surface area (Å²) >= 11 is 16.6. The fraction of sp³-hybridized carbons (Fsp3) is 0.578. The SMILES string of the molecule is C[C@H](NC(=O)[C@@H]1CCCN1C(=O)[C@H](Cc1cnc[nH]1)NC(=O)[C@H](CS)NC(=O)[C@H](CS)NC(=O)[C@H](CCCN=C(N)N)NC(=O)CNC(=O)[C@@H](N)CO)C(=O)N[C@@H](CS)C(=O)NCC(=O)N[C@@H](CCCN=C(N)N)C(=O)N[C@@H](CCCCN)C(=O)N[C@@H](Cc1ccc(O)cc1)C(=O)N[C@@H](CC(N)=O)C(=O)N[C@@H](CS)C(=O)O. The minimum atomic E-state index is -1.76. The number of aromatic nitrogens is 2. The van der Waals surface area contributed by atoms with Gasteiger partial charge in [-0.3, -0.25) is 81.9 Å². The average molecular weight is 1650 g/mol. The summed E-state index contributed by atoms with van der Waals surface area (Å²) in [5.41, 5.74) is 39.2. The number of benzene rings is 1. The second-order valence-electron chi connectivity index (χ2n) is 25.4. The van der Waals surface area contributed by atoms with Crippen LogP contribution in [0.2, 0.25) is 0 Å². The molecule has 15 amide bonds. The van der Waals surface area contributed by atoms with E-state index in [1.165, 1.54) is 48.6 Å². The number of nitrogens with zero attached hydrogens (tertiary/aromatic N) is 4. The zero-order chi connectivity index (χ0) is 83.7. The van der Waals surface area contributed by atoms with Crippen molar-refractivity contribution in [2.45, 2.75) is 163 Å². The lowest BCUT2D eigenvalue weighted by Crippen LogP contribution is -2.61. The van der Waals surface area contributed by atoms with E-state index in [2.05, 4.69) is 140 Å². The fourth-order valence-electron chi connectivity index (χ4n) is 10.6. The first kappa shape index (κ1) is 95.8. The van der Waals surface area contributed by atoms with E-state index in [0.717, 1.165) is 0 Å². The van der Waals surface area contributed by atoms with Crippen LogP contribution in [-0.4, -0.2) is 284 Å². The van der Waals surface area contributed by atoms with Crippen molar-refractivity contribution in [3.05, 3.63) is 48.0 Å². The predicted octanol–water partition coefficient (Wildman–Crippen LogP) is -11.3. The highest BCUT2D eigenvalue weighted by atomic mass is 32.1. The summed E-state index contributed by atoms with van der Waals surface area (Å²) in [4.78, 5) is 232. The summed E-state index contributed by atoms with van der Waals surface area (Å²) < 4.78 is 0. The van der Waals surface area contributed by atoms with Gasteiger partial charge >= 0.3 is 5.97 Å². The first-order valence-corrected chi connectivity index (χ1v) is 37.7. The largest absolute Gasteiger partial charge is 0.508 e. The van der Waals surface area contributed by atoms with E-state index < -0.39 is 199 Å². The number of aliphatic hydroxyl groups is 1. The van der Waals surface area contributed by atoms with Gasteiger partial charge in [0.15, 0.2) is 11.9 Å². The van der Waals surface area contributed by atoms with Gasteiger partial charge in [-0.05, 0) is 89.0 Å². The maximum absolute atomic E-state index is 14.6. The van der Waals surface area contributed by atoms with Crippen LogP contribution in [0.15, 0.2) is 46.8 Å². The number of phenols is 1. The van der Waals surface area contributed by atoms with E-state index >= 15 is 0 Å². The minimum absolute atomic E-state index is 0.00456. The summed E-state index contributed by atoms with van der Waals surface area (Å²) in [6, 6.07) is -13.6. The molecule has 2 heterocycles. The number of carboxylic acids is 1. The van der Waals surface area contributed by atoms with Crippen LogP contribution >= 0.6 is 50.5 Å². The van der Waals surface area contributed by atoms with Gasteiger partial charge in [0, 0.05) is 67.4 Å². The Bertz CT molecular complexity index is 3600. The molecular weight excluding hydrogens is 1550 g/mol. The van der Waals surface area contributed by atoms with Gasteiger partial charge in [0.2, 0.25) is 88.6 Å². The molecule has 0 spiro atoms. The van der Waals surface area contributed by atoms with Crippen LogP contribution in [0.5, 0.6) is 5.75 Å². The van der Waals surface area contributed by atoms with Gasteiger partial charge in [-0.15, -0.1) is 0 Å². The first-order chi connectivity index (χ1) is 53.1. The van der Waals surface area contributed by atoms with Crippen LogP contribution < -0.4 is 109 Å². The number of hydrogen-bond donors (Lipinski definition) is 28. The standard InChI is InChI=1S/C64H103N25O19S4/c1-31(78-60(105)46-10-6-18-89(46)61(106)41(20-33-22-72-30-77-33)84-58(103)43(27-110)87-59(104)44(28-111)86-54(99)37(9-5-17-74-64(70)71)80-48(93)23-75-51(96)35(66)25-90)50(95)85-42(26-109)52(97)76-24-49(94)79-36(8-4-16-73-63(68)69)53(98)81-38(7-2-3-15-65)55(100)82-39(19-32-11-13-34(91)14-12-32)56(101)83-40(21-47(67)92)57(102)88-45(29-112)62(107)108/h11-14,22,30-31,35-46,90-91,109-112H,2-10,15-21,23-29,65-66H2,1H3,(H2,67,92)(H,72,77)(H,75,96)(H,76,97)(H,78,105)(H,79,94)(H,80,93)(H,81,98)(H,82,100)(H,83,101)(H,84,103)(H,85,95)(H,86,99)(H,87,104)(H,88,102)(H,107,108)(H4,68,69,73)(H4,70,71,74)/t31-,35-,36-,37-,38-,39-,40-,41-,42-,43-,44-,45-,46-/m0/s1. The summed E-state index contributed by atoms with van der Waals surface area (Å²) in [7, 11) is 0. The van der Waals surface area contributed by atoms with Gasteiger partial charge in [-0.25, -0.2) is 9.78 Å². The van der Waals surface area contributed by atoms with E-state index in [-0.39, 0.29) is 131 Å². The number of carbonyl (C=O) groups is 16. The number of aliphatic imine (C=N–C) groups is 2. The van der Waals surface area contributed by atoms with Crippen molar-refractivity contribution in [3.8, 4) is 5.75 Å². The topological polar surface area (TPSA) is 729 Å². The number of carbonyl (C=O) groups excluding carboxylic acids is 15. The Balaban J connectivity index is 1.76. The number of guanidine groups is 2. The van der Waals surface area contributed by atoms with Gasteiger partial charge in [0.1, 0.15) is 84.3 Å². The number of thiol groups is 4. The maximum atomic E-state index is 14.6. The third kappa shape index (κ3) is 34.5. The highest BCUT2D eigenvalue weighted by molar-refractivity contribution is 7.80. The Labute approximate surface area is 665 Å². The molecule has 1 aromatic carbocycles. The number of aliphatic carboxylic acids is 1. The van der Waals surface area contributed by atoms with Crippen LogP contribution in [0.3, 0.4) is 0 Å². The fourth-order valence-corrected chi connectivity index (χ4v) is 11.6. The van der Waals surface area contributed by atoms with Gasteiger partial charge in [-0.2, -0.15) is 50.5 Å². The molecule has 0 unspecified atom stereocenters. The second kappa shape index (κ2) is 50.5. The monoisotopic (exact) mass is 1650 g/mol. The van der Waals surface area contributed by atoms with Crippen LogP contribution in [0.4, 0.5) is 0 Å². The van der Waals surface area contributed by atoms with Crippen molar-refractivity contribution in [3.63, 3.8) is 0 Å². The zero-order valence-electron chi connectivity index (χ0n) is 61.2. The number of phenolic OH excluding ortho intramolecular Hbond substituents is 1. The van der Waals surface area contributed by atoms with Crippen LogP contribution in [0, 0.1) is 0 Å². The number of rotatable bonds is 51. The third-order valence-electron chi connectivity index (χ3n) is 16.6. The Kier molecular flexibility index (Phi) is 43.1. The number of imidazole rings is 1. The van der Waals surface area contributed by atoms with E-state index in [0.29, 0.717) is 17.7 Å². The van der Waals surface area contributed by atoms with Crippen LogP contribution in [-0.2, 0) is 89.6 Å². The molecule has 44 nitrogen and oxygen atoms in total. The minimum Gasteiger partial charge on any atom is -0.508 e. The number of H-pyrrole nitrogens is 1. The van der Waals surface area contributed by atoms with Crippen molar-refractivity contribution >= 4 is 157 Å². The molecule has 0 radical (unpaired) electrons. The summed E-state index contributed by atoms with van der Waals surface area (Å²) in [5, 5.41) is 60.3. The van der Waals surface area contributed by atoms with Crippen molar-refractivity contribution in [2.75, 3.05) is 68.9 Å². The summed E-state index contributed by atoms with van der Waals surface area (Å²) in [6.45, 7) is -0.768. The number of nitrogens with one attached hydrogen (secondary N) is 14. The molecule has 1 saturated heterocycles. The number of aliphatic hydroxyl groups excluding tert-OH is 1. The van der Waals surface area contributed by atoms with Crippen molar-refractivity contribution < 1.29 is 92.0 Å². The van der Waals surface area contributed by atoms with E-state index in [4.69, 9.17) is 45.2 Å². The smallest absolute Gasteiger partial charge is 0.327 e. The van der Waals surface area contributed by atoms with Crippen LogP contribution in [0.1, 0.15) is 82.4 Å². The normalized spacial score (nSPS) is 15.5. The second-order valence-corrected chi connectivity index (χ2v) is 26.9. The number of likely N-dealkylation sites (tertiary alicyclic amines) is 1. The number of nitrogens with two attached hydrogens (primary N) is 7. The number of aromatic hydroxyl groups is 1. The third-order valence-corrected chi connectivity index (χ3v) is 18.1. The zero-order valence-corrected chi connectivity index (χ0v) is 64.8. The van der Waals surface area contributed by atoms with E-state index in [1.807, 2.05) is 0 Å². The molecule has 1 aliphatic heterocycles. The number of unbranched alkanes of at least 4 members (excludes halogenated alkanes) is 1. The Morgan fingerprint density at radius 1 is 0.545 bits per heavy atom. The van der Waals surface area contributed by atoms with Crippen molar-refractivity contribution in [1.29, 1.82) is 0 Å². The lowest BCUT2D eigenvalue weighted by atomic mass is 10.0. The molecule has 0 bridgehead atoms. The van der Waals surface area contributed by atoms with E-state index in [1.54, 1.807) is 0 Å². The maximum Gasteiger partial charge on any atom is 0.327 e. The molecular formula is C64H103N25O19S4. The quantitative estimate of drug-likeness (QED) is 0.0127. The molecule has 0 saturated carbocycles. The van der Waals surface area contributed by atoms with Gasteiger partial charge in [0.05, 0.1) is 32.4 Å². The summed E-state index contributed by atoms with van der Waals surface area (Å²) in [6.07, 6.45) is 2.07. The Hall–Kier alpha value is -10.4. The molecule has 31 N–H and O–H groups in total. The Morgan fingerprint density at radius 2 is 0.982 bits per heavy atom. The lowest BCUT2D eigenvalue weighted by Gasteiger charge is -2.30. The van der Waals surface area contributed by atoms with Gasteiger partial charge in [-0.1, -0.05) is 12.1 Å². The van der Waals surface area contributed by atoms with Gasteiger partial charge in [0.25, 0.3) is 0 Å². The average Bonchev–Trinajstić information content (AvgIpc) is 1.65. The number of carboxylic acid groups (broad SMARTS) is 1. The molecule has 1 fully saturated rings. The molecule has 13 atom stereocenters. The van der Waals surface area contributed by atoms with Gasteiger partial charge < -0.3 is 134 Å². The van der Waals surface area contributed by atoms with Crippen molar-refractivity contribution in [2.24, 2.45) is 50.1 Å². The van der Waals surface area contributed by atoms with E-state index in [9.17, 15) is 86.9 Å². The molecule has 622 valence electrons. The highest BCUT2D eigenvalue weighted by Gasteiger charge is 2.41. The number of hydrogen-bond acceptors (Lipinski definition) is 27. The number of primary amides is 1. The Morgan fingerprint density at radius 3 is 1.46 bits per heavy atom. The summed E-state index contributed by atoms with van der Waals surface area (Å²) in [5.74, 6) is -17.8. The molecule has 1 aliphatic rings. The predicted molar refractivity (Wildman–Crippen MR) is 416 cm³/mol. The molecule has 112 heavy (non-hydrogen) atoms. The molecule has 0 aliphatic carbocycles. The molecule has 3 rings (SSSR count). The highest BCUT2D eigenvalue weighted by Crippen LogP contribution is 2.21. The van der Waals surface area contributed by atoms with Crippen molar-refractivity contribution in [1.82, 2.24) is 84.0 Å². The molecule has 1 aromatic heterocycles. The first-order valence-electron chi connectivity index (χ1n) is 35.2. The van der Waals surface area contributed by atoms with Crippen LogP contribution in [0.25, 0.3) is 0 Å².